The van der Waals surface area contributed by atoms with Crippen LogP contribution in [0.1, 0.15) is 32.2 Å². The van der Waals surface area contributed by atoms with Crippen molar-refractivity contribution in [2.24, 2.45) is 5.92 Å². The van der Waals surface area contributed by atoms with Gasteiger partial charge in [-0.05, 0) is 0 Å². The molecular weight excluding hydrogens is 299 g/mol. The summed E-state index contributed by atoms with van der Waals surface area (Å²) in [5.74, 6) is -0.830. The molecule has 0 radical (unpaired) electrons. The van der Waals surface area contributed by atoms with Crippen molar-refractivity contribution in [1.82, 2.24) is 5.16 Å². The van der Waals surface area contributed by atoms with Crippen molar-refractivity contribution < 1.29 is 17.7 Å². The molecule has 17 heavy (non-hydrogen) atoms. The van der Waals surface area contributed by atoms with Crippen LogP contribution in [0.3, 0.4) is 0 Å². The Hall–Kier alpha value is -0.520. The van der Waals surface area contributed by atoms with Gasteiger partial charge in [-0.25, -0.2) is 0 Å². The molecule has 1 atom stereocenters. The highest BCUT2D eigenvalue weighted by atomic mass is 79.9. The summed E-state index contributed by atoms with van der Waals surface area (Å²) in [5.41, 5.74) is 0.101. The third-order valence-corrected chi connectivity index (χ3v) is 3.18. The van der Waals surface area contributed by atoms with E-state index >= 15 is 0 Å². The monoisotopic (exact) mass is 313 g/mol. The lowest BCUT2D eigenvalue weighted by Gasteiger charge is -2.16. The molecular formula is C11H15BrF3NO. The van der Waals surface area contributed by atoms with E-state index in [1.165, 1.54) is 0 Å². The zero-order valence-corrected chi connectivity index (χ0v) is 11.5. The number of aromatic nitrogens is 1. The lowest BCUT2D eigenvalue weighted by atomic mass is 9.92. The fourth-order valence-corrected chi connectivity index (χ4v) is 1.87. The quantitative estimate of drug-likeness (QED) is 0.786. The Morgan fingerprint density at radius 2 is 1.94 bits per heavy atom. The zero-order chi connectivity index (χ0) is 13.3. The predicted octanol–water partition coefficient (Wildman–Crippen LogP) is 4.09. The van der Waals surface area contributed by atoms with Crippen LogP contribution in [0, 0.1) is 5.92 Å². The lowest BCUT2D eigenvalue weighted by molar-refractivity contribution is -0.167. The van der Waals surface area contributed by atoms with E-state index in [1.54, 1.807) is 6.07 Å². The summed E-state index contributed by atoms with van der Waals surface area (Å²) in [4.78, 5) is 0. The maximum atomic E-state index is 12.6. The third-order valence-electron chi connectivity index (χ3n) is 2.40. The van der Waals surface area contributed by atoms with Crippen molar-refractivity contribution in [3.8, 4) is 0 Å². The SMILES string of the molecule is CC(C)(C)c1cc(CC(CBr)C(F)(F)F)no1. The van der Waals surface area contributed by atoms with Crippen LogP contribution in [-0.4, -0.2) is 16.7 Å². The highest BCUT2D eigenvalue weighted by Gasteiger charge is 2.39. The summed E-state index contributed by atoms with van der Waals surface area (Å²) in [7, 11) is 0. The second kappa shape index (κ2) is 5.00. The first-order valence-electron chi connectivity index (χ1n) is 5.23. The number of halogens is 4. The lowest BCUT2D eigenvalue weighted by Crippen LogP contribution is -2.26. The van der Waals surface area contributed by atoms with E-state index < -0.39 is 12.1 Å². The summed E-state index contributed by atoms with van der Waals surface area (Å²) in [5, 5.41) is 3.56. The topological polar surface area (TPSA) is 26.0 Å². The molecule has 0 N–H and O–H groups in total. The molecule has 0 spiro atoms. The van der Waals surface area contributed by atoms with Crippen LogP contribution in [0.2, 0.25) is 0 Å². The molecule has 0 saturated carbocycles. The van der Waals surface area contributed by atoms with E-state index in [0.717, 1.165) is 0 Å². The van der Waals surface area contributed by atoms with Gasteiger partial charge in [-0.2, -0.15) is 13.2 Å². The number of rotatable bonds is 3. The molecule has 0 amide bonds. The smallest absolute Gasteiger partial charge is 0.361 e. The molecule has 2 nitrogen and oxygen atoms in total. The van der Waals surface area contributed by atoms with Gasteiger partial charge < -0.3 is 4.52 Å². The minimum Gasteiger partial charge on any atom is -0.361 e. The van der Waals surface area contributed by atoms with Crippen molar-refractivity contribution in [2.75, 3.05) is 5.33 Å². The molecule has 6 heteroatoms. The van der Waals surface area contributed by atoms with Crippen molar-refractivity contribution in [3.63, 3.8) is 0 Å². The molecule has 98 valence electrons. The van der Waals surface area contributed by atoms with Crippen LogP contribution in [0.5, 0.6) is 0 Å². The van der Waals surface area contributed by atoms with Crippen molar-refractivity contribution >= 4 is 15.9 Å². The van der Waals surface area contributed by atoms with Crippen molar-refractivity contribution in [2.45, 2.75) is 38.8 Å². The van der Waals surface area contributed by atoms with E-state index in [9.17, 15) is 13.2 Å². The molecule has 0 aliphatic carbocycles. The maximum Gasteiger partial charge on any atom is 0.392 e. The normalized spacial score (nSPS) is 15.0. The van der Waals surface area contributed by atoms with Crippen LogP contribution in [0.4, 0.5) is 13.2 Å². The van der Waals surface area contributed by atoms with Gasteiger partial charge in [-0.3, -0.25) is 0 Å². The highest BCUT2D eigenvalue weighted by Crippen LogP contribution is 2.31. The van der Waals surface area contributed by atoms with Gasteiger partial charge in [0.2, 0.25) is 0 Å². The zero-order valence-electron chi connectivity index (χ0n) is 9.94. The molecule has 0 bridgehead atoms. The summed E-state index contributed by atoms with van der Waals surface area (Å²) in [6, 6.07) is 1.60. The fraction of sp³-hybridized carbons (Fsp3) is 0.727. The van der Waals surface area contributed by atoms with E-state index in [2.05, 4.69) is 21.1 Å². The molecule has 0 aliphatic rings. The summed E-state index contributed by atoms with van der Waals surface area (Å²) >= 11 is 2.88. The summed E-state index contributed by atoms with van der Waals surface area (Å²) in [6.45, 7) is 5.76. The molecule has 1 unspecified atom stereocenters. The van der Waals surface area contributed by atoms with Gasteiger partial charge >= 0.3 is 6.18 Å². The Morgan fingerprint density at radius 1 is 1.35 bits per heavy atom. The molecule has 0 saturated heterocycles. The standard InChI is InChI=1S/C11H15BrF3NO/c1-10(2,3)9-5-8(16-17-9)4-7(6-12)11(13,14)15/h5,7H,4,6H2,1-3H3. The van der Waals surface area contributed by atoms with Gasteiger partial charge in [0.1, 0.15) is 5.76 Å². The fourth-order valence-electron chi connectivity index (χ4n) is 1.27. The van der Waals surface area contributed by atoms with E-state index in [0.29, 0.717) is 11.5 Å². The van der Waals surface area contributed by atoms with E-state index in [1.807, 2.05) is 20.8 Å². The van der Waals surface area contributed by atoms with E-state index in [-0.39, 0.29) is 17.2 Å². The van der Waals surface area contributed by atoms with Crippen LogP contribution < -0.4 is 0 Å². The van der Waals surface area contributed by atoms with Crippen LogP contribution in [0.25, 0.3) is 0 Å². The largest absolute Gasteiger partial charge is 0.392 e. The number of hydrogen-bond donors (Lipinski definition) is 0. The molecule has 0 fully saturated rings. The average Bonchev–Trinajstić information content (AvgIpc) is 2.59. The Bertz CT molecular complexity index is 368. The molecule has 1 aromatic rings. The number of alkyl halides is 4. The Morgan fingerprint density at radius 3 is 2.29 bits per heavy atom. The molecule has 1 heterocycles. The van der Waals surface area contributed by atoms with Gasteiger partial charge in [0.25, 0.3) is 0 Å². The first kappa shape index (κ1) is 14.5. The van der Waals surface area contributed by atoms with Gasteiger partial charge in [-0.15, -0.1) is 0 Å². The minimum absolute atomic E-state index is 0.131. The van der Waals surface area contributed by atoms with Gasteiger partial charge in [0.15, 0.2) is 0 Å². The molecule has 0 aliphatic heterocycles. The summed E-state index contributed by atoms with van der Waals surface area (Å²) in [6.07, 6.45) is -4.38. The van der Waals surface area contributed by atoms with Gasteiger partial charge in [0.05, 0.1) is 11.6 Å². The van der Waals surface area contributed by atoms with Crippen molar-refractivity contribution in [3.05, 3.63) is 17.5 Å². The second-order valence-corrected chi connectivity index (χ2v) is 5.68. The number of hydrogen-bond acceptors (Lipinski definition) is 2. The van der Waals surface area contributed by atoms with Gasteiger partial charge in [-0.1, -0.05) is 41.9 Å². The highest BCUT2D eigenvalue weighted by molar-refractivity contribution is 9.09. The first-order valence-corrected chi connectivity index (χ1v) is 6.35. The van der Waals surface area contributed by atoms with Crippen LogP contribution in [-0.2, 0) is 11.8 Å². The van der Waals surface area contributed by atoms with Crippen LogP contribution >= 0.6 is 15.9 Å². The minimum atomic E-state index is -4.22. The molecule has 0 aromatic carbocycles. The van der Waals surface area contributed by atoms with Crippen LogP contribution in [0.15, 0.2) is 10.6 Å². The second-order valence-electron chi connectivity index (χ2n) is 5.03. The Labute approximate surface area is 107 Å². The third kappa shape index (κ3) is 4.01. The Kier molecular flexibility index (Phi) is 4.28. The summed E-state index contributed by atoms with van der Waals surface area (Å²) < 4.78 is 42.7. The number of nitrogens with zero attached hydrogens (tertiary/aromatic N) is 1. The maximum absolute atomic E-state index is 12.6. The Balaban J connectivity index is 2.79. The average molecular weight is 314 g/mol. The molecule has 1 rings (SSSR count). The van der Waals surface area contributed by atoms with Gasteiger partial charge in [0, 0.05) is 23.2 Å². The first-order chi connectivity index (χ1) is 7.64. The molecule has 1 aromatic heterocycles. The van der Waals surface area contributed by atoms with Crippen molar-refractivity contribution in [1.29, 1.82) is 0 Å². The van der Waals surface area contributed by atoms with E-state index in [4.69, 9.17) is 4.52 Å². The predicted molar refractivity (Wildman–Crippen MR) is 62.2 cm³/mol.